The standard InChI is InChI=1S/C20H19ClN4O3/c1-27-15-6-3-13(4-7-15)10-23-19-12-22-17(11-24-19)20(26)25-14-5-8-18(28-2)16(21)9-14/h3-9,11-12H,10H2,1-2H3,(H,23,24)(H,25,26). The van der Waals surface area contributed by atoms with E-state index in [0.29, 0.717) is 28.8 Å². The van der Waals surface area contributed by atoms with E-state index in [-0.39, 0.29) is 11.6 Å². The average molecular weight is 399 g/mol. The van der Waals surface area contributed by atoms with Crippen LogP contribution in [0.2, 0.25) is 5.02 Å². The maximum atomic E-state index is 12.3. The third-order valence-electron chi connectivity index (χ3n) is 3.93. The number of methoxy groups -OCH3 is 2. The molecule has 1 aromatic heterocycles. The third-order valence-corrected chi connectivity index (χ3v) is 4.22. The van der Waals surface area contributed by atoms with Crippen molar-refractivity contribution in [3.63, 3.8) is 0 Å². The second-order valence-corrected chi connectivity index (χ2v) is 6.20. The lowest BCUT2D eigenvalue weighted by Gasteiger charge is -2.09. The predicted octanol–water partition coefficient (Wildman–Crippen LogP) is 4.01. The summed E-state index contributed by atoms with van der Waals surface area (Å²) < 4.78 is 10.2. The fourth-order valence-electron chi connectivity index (χ4n) is 2.41. The Labute approximate surface area is 167 Å². The Hall–Kier alpha value is -3.32. The number of nitrogens with zero attached hydrogens (tertiary/aromatic N) is 2. The summed E-state index contributed by atoms with van der Waals surface area (Å²) in [5.74, 6) is 1.53. The number of ether oxygens (including phenoxy) is 2. The predicted molar refractivity (Wildman–Crippen MR) is 108 cm³/mol. The van der Waals surface area contributed by atoms with Gasteiger partial charge in [0.1, 0.15) is 23.0 Å². The van der Waals surface area contributed by atoms with Crippen molar-refractivity contribution in [3.05, 3.63) is 71.1 Å². The number of anilines is 2. The molecule has 0 fully saturated rings. The van der Waals surface area contributed by atoms with E-state index in [1.165, 1.54) is 19.5 Å². The van der Waals surface area contributed by atoms with E-state index in [2.05, 4.69) is 20.6 Å². The topological polar surface area (TPSA) is 85.4 Å². The summed E-state index contributed by atoms with van der Waals surface area (Å²) in [5.41, 5.74) is 1.81. The maximum Gasteiger partial charge on any atom is 0.275 e. The van der Waals surface area contributed by atoms with Gasteiger partial charge in [-0.2, -0.15) is 0 Å². The van der Waals surface area contributed by atoms with Gasteiger partial charge >= 0.3 is 0 Å². The monoisotopic (exact) mass is 398 g/mol. The number of halogens is 1. The molecule has 0 aliphatic heterocycles. The zero-order valence-corrected chi connectivity index (χ0v) is 16.2. The lowest BCUT2D eigenvalue weighted by molar-refractivity contribution is 0.102. The van der Waals surface area contributed by atoms with Crippen LogP contribution in [0.4, 0.5) is 11.5 Å². The van der Waals surface area contributed by atoms with Crippen LogP contribution in [0.25, 0.3) is 0 Å². The molecule has 0 spiro atoms. The van der Waals surface area contributed by atoms with Crippen LogP contribution in [0.3, 0.4) is 0 Å². The number of hydrogen-bond donors (Lipinski definition) is 2. The quantitative estimate of drug-likeness (QED) is 0.625. The Morgan fingerprint density at radius 1 is 1.04 bits per heavy atom. The number of benzene rings is 2. The van der Waals surface area contributed by atoms with Gasteiger partial charge in [-0.05, 0) is 35.9 Å². The molecule has 0 saturated heterocycles. The Bertz CT molecular complexity index is 947. The van der Waals surface area contributed by atoms with Crippen LogP contribution < -0.4 is 20.1 Å². The molecular formula is C20H19ClN4O3. The summed E-state index contributed by atoms with van der Waals surface area (Å²) in [6.45, 7) is 0.578. The molecule has 0 aliphatic rings. The van der Waals surface area contributed by atoms with Crippen LogP contribution >= 0.6 is 11.6 Å². The minimum atomic E-state index is -0.379. The summed E-state index contributed by atoms with van der Waals surface area (Å²) in [7, 11) is 3.16. The molecule has 0 unspecified atom stereocenters. The molecule has 3 rings (SSSR count). The van der Waals surface area contributed by atoms with Crippen LogP contribution in [-0.2, 0) is 6.54 Å². The number of nitrogens with one attached hydrogen (secondary N) is 2. The van der Waals surface area contributed by atoms with E-state index in [1.54, 1.807) is 25.3 Å². The van der Waals surface area contributed by atoms with Gasteiger partial charge < -0.3 is 20.1 Å². The van der Waals surface area contributed by atoms with E-state index in [9.17, 15) is 4.79 Å². The lowest BCUT2D eigenvalue weighted by atomic mass is 10.2. The number of amides is 1. The minimum absolute atomic E-state index is 0.196. The molecule has 3 aromatic rings. The second-order valence-electron chi connectivity index (χ2n) is 5.79. The van der Waals surface area contributed by atoms with E-state index < -0.39 is 0 Å². The summed E-state index contributed by atoms with van der Waals surface area (Å²) in [6.07, 6.45) is 2.93. The van der Waals surface area contributed by atoms with Gasteiger partial charge in [-0.1, -0.05) is 23.7 Å². The van der Waals surface area contributed by atoms with Gasteiger partial charge in [-0.25, -0.2) is 9.97 Å². The van der Waals surface area contributed by atoms with Crippen LogP contribution in [-0.4, -0.2) is 30.1 Å². The number of hydrogen-bond acceptors (Lipinski definition) is 6. The number of carbonyl (C=O) groups is 1. The Morgan fingerprint density at radius 3 is 2.43 bits per heavy atom. The smallest absolute Gasteiger partial charge is 0.275 e. The zero-order valence-electron chi connectivity index (χ0n) is 15.4. The first-order valence-electron chi connectivity index (χ1n) is 8.43. The Balaban J connectivity index is 1.58. The van der Waals surface area contributed by atoms with Crippen LogP contribution in [0, 0.1) is 0 Å². The van der Waals surface area contributed by atoms with E-state index >= 15 is 0 Å². The van der Waals surface area contributed by atoms with Crippen LogP contribution in [0.15, 0.2) is 54.9 Å². The molecular weight excluding hydrogens is 380 g/mol. The second kappa shape index (κ2) is 9.05. The van der Waals surface area contributed by atoms with Gasteiger partial charge in [-0.3, -0.25) is 4.79 Å². The maximum absolute atomic E-state index is 12.3. The fraction of sp³-hybridized carbons (Fsp3) is 0.150. The van der Waals surface area contributed by atoms with E-state index in [1.807, 2.05) is 24.3 Å². The first kappa shape index (κ1) is 19.4. The van der Waals surface area contributed by atoms with Gasteiger partial charge in [0.25, 0.3) is 5.91 Å². The normalized spacial score (nSPS) is 10.2. The molecule has 1 heterocycles. The largest absolute Gasteiger partial charge is 0.497 e. The molecule has 2 N–H and O–H groups in total. The van der Waals surface area contributed by atoms with Gasteiger partial charge in [0, 0.05) is 12.2 Å². The zero-order chi connectivity index (χ0) is 19.9. The molecule has 7 nitrogen and oxygen atoms in total. The molecule has 0 radical (unpaired) electrons. The van der Waals surface area contributed by atoms with E-state index in [4.69, 9.17) is 21.1 Å². The van der Waals surface area contributed by atoms with Crippen molar-refractivity contribution in [2.24, 2.45) is 0 Å². The summed E-state index contributed by atoms with van der Waals surface area (Å²) in [6, 6.07) is 12.7. The number of carbonyl (C=O) groups excluding carboxylic acids is 1. The highest BCUT2D eigenvalue weighted by Gasteiger charge is 2.10. The van der Waals surface area contributed by atoms with Crippen molar-refractivity contribution in [1.29, 1.82) is 0 Å². The molecule has 8 heteroatoms. The highest BCUT2D eigenvalue weighted by Crippen LogP contribution is 2.27. The first-order chi connectivity index (χ1) is 13.6. The van der Waals surface area contributed by atoms with Crippen molar-refractivity contribution in [2.75, 3.05) is 24.9 Å². The van der Waals surface area contributed by atoms with Gasteiger partial charge in [0.15, 0.2) is 0 Å². The fourth-order valence-corrected chi connectivity index (χ4v) is 2.67. The summed E-state index contributed by atoms with van der Waals surface area (Å²) >= 11 is 6.06. The number of aromatic nitrogens is 2. The van der Waals surface area contributed by atoms with Gasteiger partial charge in [0.05, 0.1) is 31.6 Å². The lowest BCUT2D eigenvalue weighted by Crippen LogP contribution is -2.14. The highest BCUT2D eigenvalue weighted by atomic mass is 35.5. The van der Waals surface area contributed by atoms with Crippen molar-refractivity contribution in [1.82, 2.24) is 9.97 Å². The van der Waals surface area contributed by atoms with Crippen molar-refractivity contribution in [3.8, 4) is 11.5 Å². The first-order valence-corrected chi connectivity index (χ1v) is 8.80. The van der Waals surface area contributed by atoms with Crippen molar-refractivity contribution in [2.45, 2.75) is 6.54 Å². The molecule has 0 atom stereocenters. The molecule has 0 aliphatic carbocycles. The highest BCUT2D eigenvalue weighted by molar-refractivity contribution is 6.32. The molecule has 0 bridgehead atoms. The van der Waals surface area contributed by atoms with Crippen LogP contribution in [0.5, 0.6) is 11.5 Å². The van der Waals surface area contributed by atoms with Gasteiger partial charge in [-0.15, -0.1) is 0 Å². The average Bonchev–Trinajstić information content (AvgIpc) is 2.73. The summed E-state index contributed by atoms with van der Waals surface area (Å²) in [4.78, 5) is 20.7. The van der Waals surface area contributed by atoms with Gasteiger partial charge in [0.2, 0.25) is 0 Å². The molecule has 2 aromatic carbocycles. The molecule has 28 heavy (non-hydrogen) atoms. The summed E-state index contributed by atoms with van der Waals surface area (Å²) in [5, 5.41) is 6.29. The Morgan fingerprint density at radius 2 is 1.82 bits per heavy atom. The third kappa shape index (κ3) is 4.89. The SMILES string of the molecule is COc1ccc(CNc2cnc(C(=O)Nc3ccc(OC)c(Cl)c3)cn2)cc1. The van der Waals surface area contributed by atoms with Crippen molar-refractivity contribution < 1.29 is 14.3 Å². The number of rotatable bonds is 7. The van der Waals surface area contributed by atoms with E-state index in [0.717, 1.165) is 11.3 Å². The Kier molecular flexibility index (Phi) is 6.29. The molecule has 0 saturated carbocycles. The van der Waals surface area contributed by atoms with Crippen LogP contribution in [0.1, 0.15) is 16.1 Å². The molecule has 144 valence electrons. The molecule has 1 amide bonds. The minimum Gasteiger partial charge on any atom is -0.497 e. The van der Waals surface area contributed by atoms with Crippen molar-refractivity contribution >= 4 is 29.0 Å².